The average Bonchev–Trinajstić information content (AvgIpc) is 3.33. The smallest absolute Gasteiger partial charge is 0.264 e. The molecule has 26 heavy (non-hydrogen) atoms. The van der Waals surface area contributed by atoms with Gasteiger partial charge in [0.1, 0.15) is 4.90 Å². The van der Waals surface area contributed by atoms with Crippen LogP contribution in [0, 0.1) is 5.92 Å². The van der Waals surface area contributed by atoms with E-state index in [1.165, 1.54) is 0 Å². The molecule has 4 rings (SSSR count). The number of halogens is 2. The Kier molecular flexibility index (Phi) is 4.49. The maximum absolute atomic E-state index is 13.1. The van der Waals surface area contributed by atoms with Crippen molar-refractivity contribution in [3.05, 3.63) is 51.5 Å². The number of rotatable bonds is 4. The first-order valence-corrected chi connectivity index (χ1v) is 10.9. The maximum Gasteiger partial charge on any atom is 0.264 e. The number of fused-ring (bicyclic) bond motifs is 1. The summed E-state index contributed by atoms with van der Waals surface area (Å²) >= 11 is 9.34. The lowest BCUT2D eigenvalue weighted by molar-refractivity contribution is -0.119. The summed E-state index contributed by atoms with van der Waals surface area (Å²) in [5, 5.41) is 0.440. The van der Waals surface area contributed by atoms with Crippen LogP contribution in [0.3, 0.4) is 0 Å². The van der Waals surface area contributed by atoms with Crippen molar-refractivity contribution in [2.45, 2.75) is 24.2 Å². The Labute approximate surface area is 165 Å². The van der Waals surface area contributed by atoms with Gasteiger partial charge in [0.25, 0.3) is 10.0 Å². The molecule has 0 bridgehead atoms. The second kappa shape index (κ2) is 6.55. The van der Waals surface area contributed by atoms with E-state index in [0.29, 0.717) is 33.8 Å². The molecule has 2 aliphatic rings. The van der Waals surface area contributed by atoms with Gasteiger partial charge in [-0.3, -0.25) is 9.52 Å². The van der Waals surface area contributed by atoms with E-state index in [9.17, 15) is 13.2 Å². The number of nitrogens with one attached hydrogen (secondary N) is 1. The van der Waals surface area contributed by atoms with Crippen LogP contribution in [0.5, 0.6) is 0 Å². The molecule has 2 aromatic rings. The number of amides is 1. The van der Waals surface area contributed by atoms with Gasteiger partial charge in [0, 0.05) is 22.0 Å². The molecule has 1 N–H and O–H groups in total. The number of anilines is 2. The van der Waals surface area contributed by atoms with Crippen LogP contribution in [0.1, 0.15) is 18.4 Å². The number of nitrogens with zero attached hydrogens (tertiary/aromatic N) is 1. The summed E-state index contributed by atoms with van der Waals surface area (Å²) in [5.41, 5.74) is 1.74. The Hall–Kier alpha value is -1.57. The van der Waals surface area contributed by atoms with Crippen molar-refractivity contribution in [1.29, 1.82) is 0 Å². The Bertz CT molecular complexity index is 1010. The van der Waals surface area contributed by atoms with E-state index in [1.54, 1.807) is 35.2 Å². The molecule has 1 aliphatic carbocycles. The number of benzene rings is 2. The van der Waals surface area contributed by atoms with Gasteiger partial charge in [0.15, 0.2) is 0 Å². The maximum atomic E-state index is 13.1. The van der Waals surface area contributed by atoms with Crippen molar-refractivity contribution < 1.29 is 13.2 Å². The first-order chi connectivity index (χ1) is 12.3. The average molecular weight is 456 g/mol. The normalized spacial score (nSPS) is 16.5. The zero-order valence-corrected chi connectivity index (χ0v) is 16.9. The van der Waals surface area contributed by atoms with Crippen LogP contribution >= 0.6 is 27.5 Å². The molecule has 0 unspecified atom stereocenters. The molecule has 8 heteroatoms. The van der Waals surface area contributed by atoms with E-state index in [0.717, 1.165) is 18.4 Å². The highest BCUT2D eigenvalue weighted by Crippen LogP contribution is 2.41. The fraction of sp³-hybridized carbons (Fsp3) is 0.278. The van der Waals surface area contributed by atoms with Gasteiger partial charge >= 0.3 is 0 Å². The second-order valence-corrected chi connectivity index (χ2v) is 9.54. The highest BCUT2D eigenvalue weighted by Gasteiger charge is 2.39. The van der Waals surface area contributed by atoms with Gasteiger partial charge in [-0.05, 0) is 55.2 Å². The minimum Gasteiger partial charge on any atom is -0.310 e. The number of carbonyl (C=O) groups excluding carboxylic acids is 1. The summed E-state index contributed by atoms with van der Waals surface area (Å²) in [5.74, 6) is 0.0475. The molecule has 1 heterocycles. The van der Waals surface area contributed by atoms with Crippen LogP contribution in [-0.2, 0) is 21.2 Å². The van der Waals surface area contributed by atoms with E-state index in [4.69, 9.17) is 11.6 Å². The molecule has 1 saturated carbocycles. The van der Waals surface area contributed by atoms with Gasteiger partial charge in [-0.15, -0.1) is 0 Å². The lowest BCUT2D eigenvalue weighted by Gasteiger charge is -2.21. The van der Waals surface area contributed by atoms with Crippen LogP contribution < -0.4 is 9.62 Å². The van der Waals surface area contributed by atoms with Crippen LogP contribution in [0.4, 0.5) is 11.4 Å². The van der Waals surface area contributed by atoms with Crippen LogP contribution in [0.2, 0.25) is 5.02 Å². The zero-order valence-electron chi connectivity index (χ0n) is 13.7. The first-order valence-electron chi connectivity index (χ1n) is 8.27. The lowest BCUT2D eigenvalue weighted by atomic mass is 10.2. The molecule has 5 nitrogen and oxygen atoms in total. The molecule has 1 aliphatic heterocycles. The van der Waals surface area contributed by atoms with Crippen molar-refractivity contribution in [2.75, 3.05) is 16.2 Å². The molecule has 0 spiro atoms. The van der Waals surface area contributed by atoms with Gasteiger partial charge in [0.05, 0.1) is 11.4 Å². The quantitative estimate of drug-likeness (QED) is 0.751. The van der Waals surface area contributed by atoms with E-state index in [2.05, 4.69) is 20.7 Å². The lowest BCUT2D eigenvalue weighted by Crippen LogP contribution is -2.31. The third-order valence-corrected chi connectivity index (χ3v) is 6.64. The van der Waals surface area contributed by atoms with E-state index >= 15 is 0 Å². The van der Waals surface area contributed by atoms with Crippen LogP contribution in [-0.4, -0.2) is 20.9 Å². The minimum atomic E-state index is -3.88. The zero-order chi connectivity index (χ0) is 18.5. The number of hydrogen-bond acceptors (Lipinski definition) is 3. The summed E-state index contributed by atoms with van der Waals surface area (Å²) in [4.78, 5) is 14.4. The molecule has 0 radical (unpaired) electrons. The third-order valence-electron chi connectivity index (χ3n) is 4.55. The predicted octanol–water partition coefficient (Wildman–Crippen LogP) is 4.20. The number of sulfonamides is 1. The molecular weight excluding hydrogens is 440 g/mol. The second-order valence-electron chi connectivity index (χ2n) is 6.54. The highest BCUT2D eigenvalue weighted by molar-refractivity contribution is 9.10. The SMILES string of the molecule is O=C(C1CC1)N1CCc2cc(Br)cc(S(=O)(=O)Nc3cccc(Cl)c3)c21. The third kappa shape index (κ3) is 3.35. The van der Waals surface area contributed by atoms with Crippen molar-refractivity contribution in [3.8, 4) is 0 Å². The van der Waals surface area contributed by atoms with E-state index in [1.807, 2.05) is 6.07 Å². The topological polar surface area (TPSA) is 66.5 Å². The fourth-order valence-electron chi connectivity index (χ4n) is 3.21. The summed E-state index contributed by atoms with van der Waals surface area (Å²) in [7, 11) is -3.88. The summed E-state index contributed by atoms with van der Waals surface area (Å²) < 4.78 is 29.4. The highest BCUT2D eigenvalue weighted by atomic mass is 79.9. The molecule has 1 fully saturated rings. The Morgan fingerprint density at radius 1 is 1.23 bits per heavy atom. The molecule has 1 amide bonds. The van der Waals surface area contributed by atoms with Gasteiger partial charge < -0.3 is 4.90 Å². The van der Waals surface area contributed by atoms with Crippen LogP contribution in [0.25, 0.3) is 0 Å². The Balaban J connectivity index is 1.77. The van der Waals surface area contributed by atoms with E-state index < -0.39 is 10.0 Å². The van der Waals surface area contributed by atoms with Crippen LogP contribution in [0.15, 0.2) is 45.8 Å². The monoisotopic (exact) mass is 454 g/mol. The molecule has 0 saturated heterocycles. The van der Waals surface area contributed by atoms with Gasteiger partial charge in [0.2, 0.25) is 5.91 Å². The van der Waals surface area contributed by atoms with Crippen molar-refractivity contribution >= 4 is 54.8 Å². The largest absolute Gasteiger partial charge is 0.310 e. The summed E-state index contributed by atoms with van der Waals surface area (Å²) in [6.45, 7) is 0.515. The van der Waals surface area contributed by atoms with Crippen molar-refractivity contribution in [1.82, 2.24) is 0 Å². The molecule has 0 aromatic heterocycles. The van der Waals surface area contributed by atoms with Crippen molar-refractivity contribution in [3.63, 3.8) is 0 Å². The summed E-state index contributed by atoms with van der Waals surface area (Å²) in [6.07, 6.45) is 2.40. The molecular formula is C18H16BrClN2O3S. The number of hydrogen-bond donors (Lipinski definition) is 1. The Morgan fingerprint density at radius 2 is 2.00 bits per heavy atom. The van der Waals surface area contributed by atoms with Gasteiger partial charge in [-0.1, -0.05) is 33.6 Å². The fourth-order valence-corrected chi connectivity index (χ4v) is 5.38. The number of carbonyl (C=O) groups is 1. The van der Waals surface area contributed by atoms with Crippen molar-refractivity contribution in [2.24, 2.45) is 5.92 Å². The standard InChI is InChI=1S/C18H16BrClN2O3S/c19-13-8-12-6-7-22(18(23)11-4-5-11)17(12)16(9-13)26(24,25)21-15-3-1-2-14(20)10-15/h1-3,8-11,21H,4-7H2. The summed E-state index contributed by atoms with van der Waals surface area (Å²) in [6, 6.07) is 9.96. The predicted molar refractivity (Wildman–Crippen MR) is 105 cm³/mol. The van der Waals surface area contributed by atoms with E-state index in [-0.39, 0.29) is 16.7 Å². The molecule has 0 atom stereocenters. The Morgan fingerprint density at radius 3 is 2.69 bits per heavy atom. The first kappa shape index (κ1) is 17.8. The molecule has 136 valence electrons. The minimum absolute atomic E-state index is 0.0188. The van der Waals surface area contributed by atoms with Gasteiger partial charge in [-0.25, -0.2) is 8.42 Å². The van der Waals surface area contributed by atoms with Gasteiger partial charge in [-0.2, -0.15) is 0 Å². The molecule has 2 aromatic carbocycles.